The minimum atomic E-state index is -0.178. The van der Waals surface area contributed by atoms with Gasteiger partial charge in [-0.15, -0.1) is 0 Å². The molecule has 4 rings (SSSR count). The van der Waals surface area contributed by atoms with E-state index in [1.807, 2.05) is 25.1 Å². The lowest BCUT2D eigenvalue weighted by Crippen LogP contribution is -2.15. The summed E-state index contributed by atoms with van der Waals surface area (Å²) in [6.45, 7) is 1.99. The molecule has 6 heteroatoms. The van der Waals surface area contributed by atoms with E-state index in [1.54, 1.807) is 0 Å². The number of rotatable bonds is 3. The van der Waals surface area contributed by atoms with Gasteiger partial charge in [-0.05, 0) is 43.9 Å². The van der Waals surface area contributed by atoms with Gasteiger partial charge in [0.2, 0.25) is 0 Å². The Morgan fingerprint density at radius 1 is 1.35 bits per heavy atom. The third-order valence-corrected chi connectivity index (χ3v) is 4.26. The van der Waals surface area contributed by atoms with E-state index in [0.717, 1.165) is 54.5 Å². The Hall–Kier alpha value is -2.63. The molecule has 0 radical (unpaired) electrons. The average Bonchev–Trinajstić information content (AvgIpc) is 3.18. The van der Waals surface area contributed by atoms with Crippen LogP contribution in [0.15, 0.2) is 22.6 Å². The van der Waals surface area contributed by atoms with E-state index in [0.29, 0.717) is 17.3 Å². The number of oxazole rings is 1. The van der Waals surface area contributed by atoms with Crippen molar-refractivity contribution < 1.29 is 9.21 Å². The predicted molar refractivity (Wildman–Crippen MR) is 86.6 cm³/mol. The summed E-state index contributed by atoms with van der Waals surface area (Å²) in [5.74, 6) is 0.521. The number of H-pyrrole nitrogens is 1. The molecule has 0 saturated carbocycles. The molecule has 0 fully saturated rings. The second-order valence-electron chi connectivity index (χ2n) is 5.83. The number of anilines is 1. The zero-order valence-electron chi connectivity index (χ0n) is 13.0. The quantitative estimate of drug-likeness (QED) is 0.778. The van der Waals surface area contributed by atoms with E-state index >= 15 is 0 Å². The van der Waals surface area contributed by atoms with Gasteiger partial charge in [-0.1, -0.05) is 6.92 Å². The van der Waals surface area contributed by atoms with Crippen LogP contribution >= 0.6 is 0 Å². The van der Waals surface area contributed by atoms with Gasteiger partial charge >= 0.3 is 0 Å². The van der Waals surface area contributed by atoms with Crippen LogP contribution in [0.5, 0.6) is 0 Å². The summed E-state index contributed by atoms with van der Waals surface area (Å²) in [7, 11) is 0. The SMILES string of the molecule is CCc1nc2cc(NC(=O)c3n[nH]c4c3CCCC4)ccc2o1. The smallest absolute Gasteiger partial charge is 0.276 e. The molecule has 0 saturated heterocycles. The van der Waals surface area contributed by atoms with Gasteiger partial charge in [0, 0.05) is 23.4 Å². The molecule has 0 unspecified atom stereocenters. The summed E-state index contributed by atoms with van der Waals surface area (Å²) in [5.41, 5.74) is 4.85. The van der Waals surface area contributed by atoms with Crippen molar-refractivity contribution >= 4 is 22.7 Å². The normalized spacial score (nSPS) is 14.0. The van der Waals surface area contributed by atoms with Crippen LogP contribution in [-0.4, -0.2) is 21.1 Å². The standard InChI is InChI=1S/C17H18N4O2/c1-2-15-19-13-9-10(7-8-14(13)23-15)18-17(22)16-11-5-3-4-6-12(11)20-21-16/h7-9H,2-6H2,1H3,(H,18,22)(H,20,21). The Morgan fingerprint density at radius 3 is 3.09 bits per heavy atom. The molecule has 0 bridgehead atoms. The molecule has 0 atom stereocenters. The van der Waals surface area contributed by atoms with Crippen LogP contribution in [0.25, 0.3) is 11.1 Å². The zero-order chi connectivity index (χ0) is 15.8. The second kappa shape index (κ2) is 5.53. The highest BCUT2D eigenvalue weighted by Gasteiger charge is 2.21. The van der Waals surface area contributed by atoms with Crippen LogP contribution < -0.4 is 5.32 Å². The number of carbonyl (C=O) groups excluding carboxylic acids is 1. The molecule has 0 aliphatic heterocycles. The molecular weight excluding hydrogens is 292 g/mol. The molecule has 1 aromatic carbocycles. The summed E-state index contributed by atoms with van der Waals surface area (Å²) >= 11 is 0. The molecule has 6 nitrogen and oxygen atoms in total. The monoisotopic (exact) mass is 310 g/mol. The van der Waals surface area contributed by atoms with Crippen molar-refractivity contribution in [3.63, 3.8) is 0 Å². The van der Waals surface area contributed by atoms with Crippen molar-refractivity contribution in [1.29, 1.82) is 0 Å². The first kappa shape index (κ1) is 14.0. The fourth-order valence-electron chi connectivity index (χ4n) is 3.06. The zero-order valence-corrected chi connectivity index (χ0v) is 13.0. The lowest BCUT2D eigenvalue weighted by molar-refractivity contribution is 0.102. The summed E-state index contributed by atoms with van der Waals surface area (Å²) in [4.78, 5) is 16.9. The number of hydrogen-bond donors (Lipinski definition) is 2. The Morgan fingerprint density at radius 2 is 2.22 bits per heavy atom. The van der Waals surface area contributed by atoms with Gasteiger partial charge in [0.15, 0.2) is 17.2 Å². The predicted octanol–water partition coefficient (Wildman–Crippen LogP) is 3.24. The molecule has 1 aliphatic rings. The maximum absolute atomic E-state index is 12.5. The minimum Gasteiger partial charge on any atom is -0.441 e. The van der Waals surface area contributed by atoms with Crippen molar-refractivity contribution in [3.05, 3.63) is 41.0 Å². The third kappa shape index (κ3) is 2.50. The van der Waals surface area contributed by atoms with Crippen molar-refractivity contribution in [3.8, 4) is 0 Å². The highest BCUT2D eigenvalue weighted by Crippen LogP contribution is 2.24. The first-order chi connectivity index (χ1) is 11.2. The first-order valence-corrected chi connectivity index (χ1v) is 8.01. The lowest BCUT2D eigenvalue weighted by Gasteiger charge is -2.11. The molecule has 118 valence electrons. The molecule has 23 heavy (non-hydrogen) atoms. The van der Waals surface area contributed by atoms with Crippen LogP contribution in [0, 0.1) is 0 Å². The van der Waals surface area contributed by atoms with E-state index < -0.39 is 0 Å². The number of fused-ring (bicyclic) bond motifs is 2. The minimum absolute atomic E-state index is 0.178. The van der Waals surface area contributed by atoms with Crippen molar-refractivity contribution in [2.75, 3.05) is 5.32 Å². The average molecular weight is 310 g/mol. The van der Waals surface area contributed by atoms with Gasteiger partial charge in [-0.2, -0.15) is 5.10 Å². The van der Waals surface area contributed by atoms with Crippen molar-refractivity contribution in [1.82, 2.24) is 15.2 Å². The molecule has 2 heterocycles. The van der Waals surface area contributed by atoms with Gasteiger partial charge in [-0.3, -0.25) is 9.89 Å². The van der Waals surface area contributed by atoms with Crippen LogP contribution in [0.4, 0.5) is 5.69 Å². The number of carbonyl (C=O) groups is 1. The van der Waals surface area contributed by atoms with Crippen LogP contribution in [0.3, 0.4) is 0 Å². The van der Waals surface area contributed by atoms with E-state index in [-0.39, 0.29) is 5.91 Å². The molecule has 3 aromatic rings. The van der Waals surface area contributed by atoms with Gasteiger partial charge in [-0.25, -0.2) is 4.98 Å². The number of nitrogens with one attached hydrogen (secondary N) is 2. The third-order valence-electron chi connectivity index (χ3n) is 4.26. The molecule has 2 N–H and O–H groups in total. The van der Waals surface area contributed by atoms with Gasteiger partial charge in [0.1, 0.15) is 5.52 Å². The van der Waals surface area contributed by atoms with Crippen molar-refractivity contribution in [2.24, 2.45) is 0 Å². The fraction of sp³-hybridized carbons (Fsp3) is 0.353. The number of aromatic nitrogens is 3. The van der Waals surface area contributed by atoms with Crippen LogP contribution in [-0.2, 0) is 19.3 Å². The molecular formula is C17H18N4O2. The largest absolute Gasteiger partial charge is 0.441 e. The number of benzene rings is 1. The molecule has 1 amide bonds. The Kier molecular flexibility index (Phi) is 3.37. The molecule has 0 spiro atoms. The lowest BCUT2D eigenvalue weighted by atomic mass is 9.96. The van der Waals surface area contributed by atoms with Gasteiger partial charge < -0.3 is 9.73 Å². The van der Waals surface area contributed by atoms with E-state index in [4.69, 9.17) is 4.42 Å². The first-order valence-electron chi connectivity index (χ1n) is 8.01. The second-order valence-corrected chi connectivity index (χ2v) is 5.83. The number of nitrogens with zero attached hydrogens (tertiary/aromatic N) is 2. The van der Waals surface area contributed by atoms with E-state index in [9.17, 15) is 4.79 Å². The number of aromatic amines is 1. The van der Waals surface area contributed by atoms with Crippen LogP contribution in [0.1, 0.15) is 47.4 Å². The fourth-order valence-corrected chi connectivity index (χ4v) is 3.06. The Bertz CT molecular complexity index is 878. The highest BCUT2D eigenvalue weighted by molar-refractivity contribution is 6.04. The Balaban J connectivity index is 1.59. The number of amides is 1. The van der Waals surface area contributed by atoms with Crippen LogP contribution in [0.2, 0.25) is 0 Å². The topological polar surface area (TPSA) is 83.8 Å². The maximum atomic E-state index is 12.5. The van der Waals surface area contributed by atoms with Crippen molar-refractivity contribution in [2.45, 2.75) is 39.0 Å². The molecule has 2 aromatic heterocycles. The van der Waals surface area contributed by atoms with Gasteiger partial charge in [0.25, 0.3) is 5.91 Å². The Labute approximate surface area is 133 Å². The summed E-state index contributed by atoms with van der Waals surface area (Å²) in [5, 5.41) is 10.1. The highest BCUT2D eigenvalue weighted by atomic mass is 16.3. The summed E-state index contributed by atoms with van der Waals surface area (Å²) in [6.07, 6.45) is 4.89. The van der Waals surface area contributed by atoms with Gasteiger partial charge in [0.05, 0.1) is 0 Å². The summed E-state index contributed by atoms with van der Waals surface area (Å²) < 4.78 is 5.58. The maximum Gasteiger partial charge on any atom is 0.276 e. The van der Waals surface area contributed by atoms with E-state index in [2.05, 4.69) is 20.5 Å². The summed E-state index contributed by atoms with van der Waals surface area (Å²) in [6, 6.07) is 5.48. The van der Waals surface area contributed by atoms with E-state index in [1.165, 1.54) is 0 Å². The number of hydrogen-bond acceptors (Lipinski definition) is 4. The number of aryl methyl sites for hydroxylation is 2. The molecule has 1 aliphatic carbocycles.